The number of nitrogens with one attached hydrogen (secondary N) is 2. The first-order valence-corrected chi connectivity index (χ1v) is 8.32. The highest BCUT2D eigenvalue weighted by atomic mass is 19.1. The second-order valence-corrected chi connectivity index (χ2v) is 6.05. The SMILES string of the molecule is NC(=O)c1nc(F)c[nH]c1=O.O=c1[nH]cnc2c1ncn2[C@@H]1O[C@H](CO)[C@@H](O)[C@H]1O. The molecule has 1 aliphatic rings. The van der Waals surface area contributed by atoms with Crippen LogP contribution in [0.3, 0.4) is 0 Å². The zero-order valence-electron chi connectivity index (χ0n) is 15.0. The Morgan fingerprint density at radius 3 is 2.57 bits per heavy atom. The number of rotatable bonds is 3. The summed E-state index contributed by atoms with van der Waals surface area (Å²) in [5.74, 6) is -2.00. The quantitative estimate of drug-likeness (QED) is 0.246. The van der Waals surface area contributed by atoms with Crippen molar-refractivity contribution in [2.75, 3.05) is 6.61 Å². The summed E-state index contributed by atoms with van der Waals surface area (Å²) in [6.45, 7) is -0.421. The number of fused-ring (bicyclic) bond motifs is 1. The van der Waals surface area contributed by atoms with Crippen LogP contribution in [-0.2, 0) is 4.74 Å². The summed E-state index contributed by atoms with van der Waals surface area (Å²) in [4.78, 5) is 47.7. The number of aromatic amines is 2. The van der Waals surface area contributed by atoms with Crippen LogP contribution in [0, 0.1) is 5.95 Å². The third kappa shape index (κ3) is 3.94. The molecule has 30 heavy (non-hydrogen) atoms. The van der Waals surface area contributed by atoms with Crippen molar-refractivity contribution in [2.24, 2.45) is 5.73 Å². The summed E-state index contributed by atoms with van der Waals surface area (Å²) in [5.41, 5.74) is 3.22. The van der Waals surface area contributed by atoms with Crippen molar-refractivity contribution in [1.29, 1.82) is 0 Å². The number of primary amides is 1. The first-order chi connectivity index (χ1) is 14.2. The average molecular weight is 425 g/mol. The smallest absolute Gasteiger partial charge is 0.279 e. The number of hydrogen-bond acceptors (Lipinski definition) is 10. The van der Waals surface area contributed by atoms with Crippen molar-refractivity contribution in [1.82, 2.24) is 29.5 Å². The maximum absolute atomic E-state index is 12.2. The van der Waals surface area contributed by atoms with Crippen LogP contribution in [0.5, 0.6) is 0 Å². The lowest BCUT2D eigenvalue weighted by atomic mass is 10.1. The molecule has 0 aromatic carbocycles. The van der Waals surface area contributed by atoms with Gasteiger partial charge in [-0.1, -0.05) is 0 Å². The minimum atomic E-state index is -1.24. The average Bonchev–Trinajstić information content (AvgIpc) is 3.26. The Morgan fingerprint density at radius 1 is 1.23 bits per heavy atom. The predicted octanol–water partition coefficient (Wildman–Crippen LogP) is -3.26. The van der Waals surface area contributed by atoms with Gasteiger partial charge in [0.2, 0.25) is 5.95 Å². The molecule has 4 atom stereocenters. The summed E-state index contributed by atoms with van der Waals surface area (Å²) >= 11 is 0. The van der Waals surface area contributed by atoms with E-state index in [1.165, 1.54) is 17.2 Å². The molecular weight excluding hydrogens is 409 g/mol. The van der Waals surface area contributed by atoms with Crippen LogP contribution in [0.25, 0.3) is 11.2 Å². The molecule has 4 heterocycles. The lowest BCUT2D eigenvalue weighted by Crippen LogP contribution is -2.33. The van der Waals surface area contributed by atoms with Crippen LogP contribution < -0.4 is 16.9 Å². The molecular formula is C15H16FN7O7. The minimum Gasteiger partial charge on any atom is -0.394 e. The molecule has 3 aromatic heterocycles. The van der Waals surface area contributed by atoms with Crippen molar-refractivity contribution in [2.45, 2.75) is 24.5 Å². The van der Waals surface area contributed by atoms with Crippen LogP contribution >= 0.6 is 0 Å². The minimum absolute atomic E-state index is 0.111. The number of aromatic nitrogens is 6. The zero-order valence-corrected chi connectivity index (χ0v) is 15.0. The molecule has 14 nitrogen and oxygen atoms in total. The summed E-state index contributed by atoms with van der Waals surface area (Å²) in [7, 11) is 0. The summed E-state index contributed by atoms with van der Waals surface area (Å²) in [5, 5.41) is 28.6. The number of carbonyl (C=O) groups is 1. The third-order valence-corrected chi connectivity index (χ3v) is 4.15. The summed E-state index contributed by atoms with van der Waals surface area (Å²) in [6, 6.07) is 0. The molecule has 1 saturated heterocycles. The Hall–Kier alpha value is -3.53. The Kier molecular flexibility index (Phi) is 5.97. The monoisotopic (exact) mass is 425 g/mol. The first-order valence-electron chi connectivity index (χ1n) is 8.32. The number of nitrogens with zero attached hydrogens (tertiary/aromatic N) is 4. The van der Waals surface area contributed by atoms with Gasteiger partial charge in [0.05, 0.1) is 25.5 Å². The Morgan fingerprint density at radius 2 is 1.97 bits per heavy atom. The number of hydrogen-bond donors (Lipinski definition) is 6. The number of carbonyl (C=O) groups excluding carboxylic acids is 1. The van der Waals surface area contributed by atoms with Gasteiger partial charge in [0, 0.05) is 0 Å². The highest BCUT2D eigenvalue weighted by Gasteiger charge is 2.43. The fourth-order valence-electron chi connectivity index (χ4n) is 2.71. The molecule has 0 radical (unpaired) electrons. The molecule has 1 amide bonds. The van der Waals surface area contributed by atoms with E-state index in [9.17, 15) is 29.0 Å². The molecule has 1 aliphatic heterocycles. The van der Waals surface area contributed by atoms with Crippen LogP contribution in [0.4, 0.5) is 4.39 Å². The molecule has 7 N–H and O–H groups in total. The van der Waals surface area contributed by atoms with Crippen LogP contribution in [0.2, 0.25) is 0 Å². The van der Waals surface area contributed by atoms with E-state index in [4.69, 9.17) is 15.6 Å². The second kappa shape index (κ2) is 8.46. The molecule has 0 unspecified atom stereocenters. The van der Waals surface area contributed by atoms with Gasteiger partial charge in [0.25, 0.3) is 17.0 Å². The molecule has 1 fully saturated rings. The number of halogens is 1. The standard InChI is InChI=1S/C10H12N4O5.C5H4FN3O2/c15-1-4-6(16)7(17)10(19-4)14-3-13-5-8(14)11-2-12-9(5)18;6-2-1-8-5(11)3(9-2)4(7)10/h2-4,6-7,10,15-17H,1H2,(H,11,12,18);1H,(H2,7,10)(H,8,11)/t4-,6-,7-,10-;/m1./s1. The van der Waals surface area contributed by atoms with Gasteiger partial charge in [-0.25, -0.2) is 15.0 Å². The van der Waals surface area contributed by atoms with Gasteiger partial charge >= 0.3 is 0 Å². The van der Waals surface area contributed by atoms with E-state index < -0.39 is 59.8 Å². The van der Waals surface area contributed by atoms with Gasteiger partial charge in [0.1, 0.15) is 18.3 Å². The lowest BCUT2D eigenvalue weighted by molar-refractivity contribution is -0.0511. The maximum atomic E-state index is 12.2. The van der Waals surface area contributed by atoms with Gasteiger partial charge < -0.3 is 35.8 Å². The van der Waals surface area contributed by atoms with Gasteiger partial charge in [-0.05, 0) is 0 Å². The molecule has 0 spiro atoms. The predicted molar refractivity (Wildman–Crippen MR) is 94.5 cm³/mol. The summed E-state index contributed by atoms with van der Waals surface area (Å²) in [6.07, 6.45) is -1.04. The van der Waals surface area contributed by atoms with Crippen molar-refractivity contribution in [3.63, 3.8) is 0 Å². The number of nitrogens with two attached hydrogens (primary N) is 1. The van der Waals surface area contributed by atoms with E-state index in [0.29, 0.717) is 0 Å². The number of imidazole rings is 1. The lowest BCUT2D eigenvalue weighted by Gasteiger charge is -2.16. The van der Waals surface area contributed by atoms with E-state index in [1.54, 1.807) is 0 Å². The van der Waals surface area contributed by atoms with Crippen molar-refractivity contribution in [3.8, 4) is 0 Å². The van der Waals surface area contributed by atoms with E-state index in [1.807, 2.05) is 4.98 Å². The van der Waals surface area contributed by atoms with E-state index in [0.717, 1.165) is 6.20 Å². The van der Waals surface area contributed by atoms with Crippen molar-refractivity contribution < 1.29 is 29.2 Å². The van der Waals surface area contributed by atoms with Crippen LogP contribution in [0.1, 0.15) is 16.7 Å². The van der Waals surface area contributed by atoms with E-state index in [-0.39, 0.29) is 11.2 Å². The number of aliphatic hydroxyl groups is 3. The van der Waals surface area contributed by atoms with Crippen LogP contribution in [-0.4, -0.2) is 75.6 Å². The first kappa shape index (κ1) is 21.2. The number of H-pyrrole nitrogens is 2. The highest BCUT2D eigenvalue weighted by molar-refractivity contribution is 5.90. The maximum Gasteiger partial charge on any atom is 0.279 e. The Balaban J connectivity index is 0.000000199. The summed E-state index contributed by atoms with van der Waals surface area (Å²) < 4.78 is 18.9. The zero-order chi connectivity index (χ0) is 22.0. The molecule has 0 aliphatic carbocycles. The molecule has 160 valence electrons. The highest BCUT2D eigenvalue weighted by Crippen LogP contribution is 2.30. The van der Waals surface area contributed by atoms with E-state index in [2.05, 4.69) is 19.9 Å². The fourth-order valence-corrected chi connectivity index (χ4v) is 2.71. The topological polar surface area (TPSA) is 222 Å². The molecule has 3 aromatic rings. The van der Waals surface area contributed by atoms with Gasteiger partial charge in [-0.3, -0.25) is 19.0 Å². The third-order valence-electron chi connectivity index (χ3n) is 4.15. The van der Waals surface area contributed by atoms with E-state index >= 15 is 0 Å². The fraction of sp³-hybridized carbons (Fsp3) is 0.333. The largest absolute Gasteiger partial charge is 0.394 e. The van der Waals surface area contributed by atoms with Crippen LogP contribution in [0.15, 0.2) is 28.4 Å². The second-order valence-electron chi connectivity index (χ2n) is 6.05. The number of amides is 1. The molecule has 4 rings (SSSR count). The van der Waals surface area contributed by atoms with Gasteiger partial charge in [-0.15, -0.1) is 0 Å². The van der Waals surface area contributed by atoms with Crippen molar-refractivity contribution >= 4 is 17.1 Å². The molecule has 15 heteroatoms. The molecule has 0 saturated carbocycles. The normalized spacial score (nSPS) is 23.2. The molecule has 0 bridgehead atoms. The Labute approximate surface area is 164 Å². The Bertz CT molecular complexity index is 1180. The number of ether oxygens (including phenoxy) is 1. The van der Waals surface area contributed by atoms with Gasteiger partial charge in [0.15, 0.2) is 23.1 Å². The van der Waals surface area contributed by atoms with Crippen molar-refractivity contribution in [3.05, 3.63) is 51.2 Å². The number of aliphatic hydroxyl groups excluding tert-OH is 3. The van der Waals surface area contributed by atoms with Gasteiger partial charge in [-0.2, -0.15) is 4.39 Å².